The summed E-state index contributed by atoms with van der Waals surface area (Å²) < 4.78 is 10.4. The van der Waals surface area contributed by atoms with Crippen LogP contribution in [0.3, 0.4) is 0 Å². The molecule has 0 aromatic rings. The molecule has 182 valence electrons. The SMILES string of the molecule is CC(=O)CCOCCO[C@H](C)CC=O.CCCNC.CCNC(=O)C(C)CC.CN. The third-order valence-corrected chi connectivity index (χ3v) is 3.57. The molecule has 0 heterocycles. The third-order valence-electron chi connectivity index (χ3n) is 3.57. The highest BCUT2D eigenvalue weighted by Gasteiger charge is 2.07. The molecule has 0 radical (unpaired) electrons. The molecule has 1 unspecified atom stereocenters. The van der Waals surface area contributed by atoms with Crippen LogP contribution in [0, 0.1) is 5.92 Å². The van der Waals surface area contributed by atoms with Gasteiger partial charge in [0, 0.05) is 25.3 Å². The van der Waals surface area contributed by atoms with Gasteiger partial charge >= 0.3 is 0 Å². The highest BCUT2D eigenvalue weighted by molar-refractivity contribution is 5.78. The van der Waals surface area contributed by atoms with Crippen LogP contribution in [0.25, 0.3) is 0 Å². The molecule has 1 amide bonds. The molecule has 0 rings (SSSR count). The van der Waals surface area contributed by atoms with Crippen LogP contribution in [0.4, 0.5) is 0 Å². The van der Waals surface area contributed by atoms with Gasteiger partial charge in [-0.2, -0.15) is 0 Å². The van der Waals surface area contributed by atoms with E-state index < -0.39 is 0 Å². The second-order valence-electron chi connectivity index (χ2n) is 6.46. The van der Waals surface area contributed by atoms with Crippen molar-refractivity contribution in [1.82, 2.24) is 10.6 Å². The van der Waals surface area contributed by atoms with E-state index in [2.05, 4.69) is 23.3 Å². The molecule has 0 saturated heterocycles. The standard InChI is InChI=1S/C10H18O4.C7H15NO.C4H11N.CH5N/c1-9(12)4-6-13-7-8-14-10(2)3-5-11;1-4-6(3)7(9)8-5-2;1-3-4-5-2;1-2/h5,10H,3-4,6-8H2,1-2H3;6H,4-5H2,1-3H3,(H,8,9);5H,3-4H2,1-2H3;2H2,1H3/t10-;;;/m1.../s1. The van der Waals surface area contributed by atoms with E-state index in [1.54, 1.807) is 0 Å². The smallest absolute Gasteiger partial charge is 0.222 e. The maximum absolute atomic E-state index is 10.9. The fourth-order valence-electron chi connectivity index (χ4n) is 1.61. The molecule has 0 aromatic carbocycles. The fraction of sp³-hybridized carbons (Fsp3) is 0.864. The van der Waals surface area contributed by atoms with Gasteiger partial charge in [0.1, 0.15) is 12.1 Å². The van der Waals surface area contributed by atoms with E-state index in [4.69, 9.17) is 9.47 Å². The molecular weight excluding hydrogens is 386 g/mol. The molecule has 0 aliphatic heterocycles. The van der Waals surface area contributed by atoms with Crippen molar-refractivity contribution in [3.8, 4) is 0 Å². The van der Waals surface area contributed by atoms with Gasteiger partial charge < -0.3 is 30.6 Å². The molecule has 4 N–H and O–H groups in total. The lowest BCUT2D eigenvalue weighted by Gasteiger charge is -2.09. The van der Waals surface area contributed by atoms with Crippen molar-refractivity contribution in [2.75, 3.05) is 47.0 Å². The van der Waals surface area contributed by atoms with Crippen LogP contribution in [0.15, 0.2) is 0 Å². The summed E-state index contributed by atoms with van der Waals surface area (Å²) in [5, 5.41) is 5.77. The molecule has 8 heteroatoms. The van der Waals surface area contributed by atoms with E-state index >= 15 is 0 Å². The van der Waals surface area contributed by atoms with Gasteiger partial charge in [0.15, 0.2) is 0 Å². The van der Waals surface area contributed by atoms with E-state index in [-0.39, 0.29) is 23.7 Å². The molecule has 0 aromatic heterocycles. The van der Waals surface area contributed by atoms with Crippen molar-refractivity contribution < 1.29 is 23.9 Å². The monoisotopic (exact) mass is 435 g/mol. The third kappa shape index (κ3) is 37.4. The Balaban J connectivity index is -0.000000181. The number of Topliss-reactive ketones (excluding diaryl/α,β-unsaturated/α-hetero) is 1. The second-order valence-corrected chi connectivity index (χ2v) is 6.46. The average Bonchev–Trinajstić information content (AvgIpc) is 2.73. The molecule has 8 nitrogen and oxygen atoms in total. The number of ketones is 1. The maximum Gasteiger partial charge on any atom is 0.222 e. The lowest BCUT2D eigenvalue weighted by atomic mass is 10.1. The van der Waals surface area contributed by atoms with Crippen LogP contribution in [-0.2, 0) is 23.9 Å². The van der Waals surface area contributed by atoms with Gasteiger partial charge in [0.25, 0.3) is 0 Å². The minimum atomic E-state index is -0.0519. The molecule has 0 saturated carbocycles. The summed E-state index contributed by atoms with van der Waals surface area (Å²) in [6, 6.07) is 0. The van der Waals surface area contributed by atoms with Gasteiger partial charge in [0.2, 0.25) is 5.91 Å². The minimum absolute atomic E-state index is 0.0519. The van der Waals surface area contributed by atoms with Crippen molar-refractivity contribution >= 4 is 18.0 Å². The van der Waals surface area contributed by atoms with Crippen LogP contribution in [0.1, 0.15) is 67.2 Å². The number of nitrogens with one attached hydrogen (secondary N) is 2. The molecule has 0 bridgehead atoms. The number of amides is 1. The number of hydrogen-bond donors (Lipinski definition) is 3. The highest BCUT2D eigenvalue weighted by Crippen LogP contribution is 1.98. The Morgan fingerprint density at radius 3 is 2.03 bits per heavy atom. The van der Waals surface area contributed by atoms with Crippen molar-refractivity contribution in [3.05, 3.63) is 0 Å². The number of rotatable bonds is 14. The predicted octanol–water partition coefficient (Wildman–Crippen LogP) is 2.34. The summed E-state index contributed by atoms with van der Waals surface area (Å²) in [6.45, 7) is 14.7. The molecule has 30 heavy (non-hydrogen) atoms. The molecule has 0 aliphatic rings. The zero-order valence-electron chi connectivity index (χ0n) is 20.7. The maximum atomic E-state index is 10.9. The predicted molar refractivity (Wildman–Crippen MR) is 125 cm³/mol. The van der Waals surface area contributed by atoms with Crippen LogP contribution in [0.2, 0.25) is 0 Å². The molecule has 2 atom stereocenters. The Morgan fingerprint density at radius 2 is 1.67 bits per heavy atom. The summed E-state index contributed by atoms with van der Waals surface area (Å²) in [4.78, 5) is 31.5. The Bertz CT molecular complexity index is 367. The minimum Gasteiger partial charge on any atom is -0.379 e. The number of ether oxygens (including phenoxy) is 2. The van der Waals surface area contributed by atoms with Crippen LogP contribution >= 0.6 is 0 Å². The van der Waals surface area contributed by atoms with E-state index in [1.165, 1.54) is 20.4 Å². The van der Waals surface area contributed by atoms with Gasteiger partial charge in [-0.3, -0.25) is 9.59 Å². The lowest BCUT2D eigenvalue weighted by molar-refractivity contribution is -0.124. The Labute approximate surface area is 185 Å². The van der Waals surface area contributed by atoms with E-state index in [9.17, 15) is 14.4 Å². The van der Waals surface area contributed by atoms with E-state index in [0.29, 0.717) is 32.7 Å². The van der Waals surface area contributed by atoms with Gasteiger partial charge in [-0.25, -0.2) is 0 Å². The number of aldehydes is 1. The van der Waals surface area contributed by atoms with Crippen LogP contribution < -0.4 is 16.4 Å². The average molecular weight is 436 g/mol. The Morgan fingerprint density at radius 1 is 1.07 bits per heavy atom. The first-order valence-electron chi connectivity index (χ1n) is 10.9. The van der Waals surface area contributed by atoms with Crippen molar-refractivity contribution in [2.45, 2.75) is 73.3 Å². The summed E-state index contributed by atoms with van der Waals surface area (Å²) in [5.74, 6) is 0.463. The second kappa shape index (κ2) is 32.3. The first-order chi connectivity index (χ1) is 14.3. The van der Waals surface area contributed by atoms with Crippen LogP contribution in [-0.4, -0.2) is 71.1 Å². The van der Waals surface area contributed by atoms with Crippen molar-refractivity contribution in [3.63, 3.8) is 0 Å². The largest absolute Gasteiger partial charge is 0.379 e. The molecule has 0 aliphatic carbocycles. The van der Waals surface area contributed by atoms with E-state index in [1.807, 2.05) is 34.7 Å². The van der Waals surface area contributed by atoms with Gasteiger partial charge in [0.05, 0.1) is 25.9 Å². The zero-order chi connectivity index (χ0) is 24.2. The zero-order valence-corrected chi connectivity index (χ0v) is 20.7. The normalized spacial score (nSPS) is 11.2. The quantitative estimate of drug-likeness (QED) is 0.283. The van der Waals surface area contributed by atoms with Crippen molar-refractivity contribution in [1.29, 1.82) is 0 Å². The van der Waals surface area contributed by atoms with Gasteiger partial charge in [-0.05, 0) is 54.3 Å². The first-order valence-corrected chi connectivity index (χ1v) is 10.9. The Kier molecular flexibility index (Phi) is 38.8. The molecule has 0 spiro atoms. The Hall–Kier alpha value is -1.35. The van der Waals surface area contributed by atoms with Crippen LogP contribution in [0.5, 0.6) is 0 Å². The van der Waals surface area contributed by atoms with Gasteiger partial charge in [-0.1, -0.05) is 20.8 Å². The topological polar surface area (TPSA) is 120 Å². The summed E-state index contributed by atoms with van der Waals surface area (Å²) in [6.07, 6.45) is 3.80. The summed E-state index contributed by atoms with van der Waals surface area (Å²) in [7, 11) is 3.46. The number of nitrogens with two attached hydrogens (primary N) is 1. The number of carbonyl (C=O) groups excluding carboxylic acids is 3. The summed E-state index contributed by atoms with van der Waals surface area (Å²) >= 11 is 0. The molecule has 0 fully saturated rings. The number of hydrogen-bond acceptors (Lipinski definition) is 7. The fourth-order valence-corrected chi connectivity index (χ4v) is 1.61. The van der Waals surface area contributed by atoms with Crippen molar-refractivity contribution in [2.24, 2.45) is 11.7 Å². The highest BCUT2D eigenvalue weighted by atomic mass is 16.5. The van der Waals surface area contributed by atoms with E-state index in [0.717, 1.165) is 25.8 Å². The molecular formula is C22H49N3O5. The summed E-state index contributed by atoms with van der Waals surface area (Å²) in [5.41, 5.74) is 4.50. The van der Waals surface area contributed by atoms with Gasteiger partial charge in [-0.15, -0.1) is 0 Å². The lowest BCUT2D eigenvalue weighted by Crippen LogP contribution is -2.28. The number of carbonyl (C=O) groups is 3. The first kappa shape index (κ1) is 36.0.